The van der Waals surface area contributed by atoms with Crippen molar-refractivity contribution in [3.63, 3.8) is 0 Å². The second-order valence-electron chi connectivity index (χ2n) is 13.2. The molecule has 3 unspecified atom stereocenters. The van der Waals surface area contributed by atoms with Crippen LogP contribution in [0.5, 0.6) is 0 Å². The molecule has 4 amide bonds. The standard InChI is InChI=1S/C33H54N4O6/c1-6-8-16-25(29(38)31(40)34-18-7-2)35-30(39)26-19-24(21(3)4)20-37(26)32(41)28(23-14-10-9-11-15-23)36-33(42)43-27-17-12-13-22(27)5/h7,21-28H,2,6,8-20H2,1,3-5H3,(H,34,40)(H,35,39)(H,36,42)/t22?,24-,25?,26+,27?,28+/m1/s1. The van der Waals surface area contributed by atoms with Crippen LogP contribution in [0.2, 0.25) is 0 Å². The third-order valence-corrected chi connectivity index (χ3v) is 9.67. The van der Waals surface area contributed by atoms with E-state index in [0.29, 0.717) is 25.8 Å². The highest BCUT2D eigenvalue weighted by Crippen LogP contribution is 2.34. The maximum Gasteiger partial charge on any atom is 0.408 e. The van der Waals surface area contributed by atoms with Crippen molar-refractivity contribution in [1.29, 1.82) is 0 Å². The van der Waals surface area contributed by atoms with Crippen LogP contribution in [-0.4, -0.2) is 71.8 Å². The molecule has 43 heavy (non-hydrogen) atoms. The van der Waals surface area contributed by atoms with Gasteiger partial charge in [0.05, 0.1) is 6.04 Å². The van der Waals surface area contributed by atoms with Crippen LogP contribution >= 0.6 is 0 Å². The number of likely N-dealkylation sites (tertiary alicyclic amines) is 1. The Morgan fingerprint density at radius 2 is 1.70 bits per heavy atom. The summed E-state index contributed by atoms with van der Waals surface area (Å²) in [5.74, 6) is -1.62. The number of rotatable bonds is 14. The van der Waals surface area contributed by atoms with Gasteiger partial charge in [-0.2, -0.15) is 0 Å². The van der Waals surface area contributed by atoms with Gasteiger partial charge in [0.15, 0.2) is 0 Å². The lowest BCUT2D eigenvalue weighted by Gasteiger charge is -2.35. The van der Waals surface area contributed by atoms with Gasteiger partial charge in [0, 0.05) is 13.1 Å². The van der Waals surface area contributed by atoms with E-state index in [1.807, 2.05) is 6.92 Å². The normalized spacial score (nSPS) is 25.6. The summed E-state index contributed by atoms with van der Waals surface area (Å²) in [5, 5.41) is 8.27. The summed E-state index contributed by atoms with van der Waals surface area (Å²) in [6, 6.07) is -2.57. The summed E-state index contributed by atoms with van der Waals surface area (Å²) < 4.78 is 5.78. The third kappa shape index (κ3) is 9.54. The van der Waals surface area contributed by atoms with E-state index in [1.54, 1.807) is 4.90 Å². The number of alkyl carbamates (subject to hydrolysis) is 1. The highest BCUT2D eigenvalue weighted by molar-refractivity contribution is 6.38. The molecule has 0 aromatic rings. The topological polar surface area (TPSA) is 134 Å². The summed E-state index contributed by atoms with van der Waals surface area (Å²) in [4.78, 5) is 68.3. The Morgan fingerprint density at radius 3 is 2.30 bits per heavy atom. The van der Waals surface area contributed by atoms with E-state index in [9.17, 15) is 24.0 Å². The fraction of sp³-hybridized carbons (Fsp3) is 0.788. The van der Waals surface area contributed by atoms with Crippen LogP contribution < -0.4 is 16.0 Å². The van der Waals surface area contributed by atoms with E-state index in [2.05, 4.69) is 43.3 Å². The Balaban J connectivity index is 1.81. The van der Waals surface area contributed by atoms with Crippen molar-refractivity contribution in [3.8, 4) is 0 Å². The minimum atomic E-state index is -0.983. The van der Waals surface area contributed by atoms with Gasteiger partial charge in [-0.05, 0) is 68.6 Å². The SMILES string of the molecule is C=CCNC(=O)C(=O)C(CCCC)NC(=O)[C@@H]1C[C@@H](C(C)C)CN1C(=O)[C@@H](NC(=O)OC1CCCC1C)C1CCCCC1. The number of Topliss-reactive ketones (excluding diaryl/α,β-unsaturated/α-hetero) is 1. The Labute approximate surface area is 257 Å². The molecule has 1 saturated heterocycles. The molecular formula is C33H54N4O6. The lowest BCUT2D eigenvalue weighted by molar-refractivity contribution is -0.143. The van der Waals surface area contributed by atoms with Crippen molar-refractivity contribution in [1.82, 2.24) is 20.9 Å². The molecule has 1 aliphatic heterocycles. The molecule has 10 nitrogen and oxygen atoms in total. The number of amides is 4. The predicted octanol–water partition coefficient (Wildman–Crippen LogP) is 4.27. The smallest absolute Gasteiger partial charge is 0.408 e. The number of hydrogen-bond donors (Lipinski definition) is 3. The second-order valence-corrected chi connectivity index (χ2v) is 13.2. The van der Waals surface area contributed by atoms with Gasteiger partial charge >= 0.3 is 6.09 Å². The van der Waals surface area contributed by atoms with Gasteiger partial charge in [-0.15, -0.1) is 6.58 Å². The first kappa shape index (κ1) is 34.6. The minimum absolute atomic E-state index is 0.0379. The highest BCUT2D eigenvalue weighted by atomic mass is 16.6. The molecule has 3 fully saturated rings. The molecule has 0 spiro atoms. The molecule has 3 rings (SSSR count). The molecule has 0 radical (unpaired) electrons. The van der Waals surface area contributed by atoms with Crippen LogP contribution in [0.25, 0.3) is 0 Å². The first-order valence-electron chi connectivity index (χ1n) is 16.6. The highest BCUT2D eigenvalue weighted by Gasteiger charge is 2.45. The molecule has 1 heterocycles. The van der Waals surface area contributed by atoms with Gasteiger partial charge in [0.1, 0.15) is 18.2 Å². The van der Waals surface area contributed by atoms with Crippen LogP contribution in [0.3, 0.4) is 0 Å². The lowest BCUT2D eigenvalue weighted by atomic mass is 9.83. The lowest BCUT2D eigenvalue weighted by Crippen LogP contribution is -2.58. The average molecular weight is 603 g/mol. The molecular weight excluding hydrogens is 548 g/mol. The maximum atomic E-state index is 14.3. The van der Waals surface area contributed by atoms with Gasteiger partial charge in [-0.3, -0.25) is 19.2 Å². The van der Waals surface area contributed by atoms with Gasteiger partial charge in [0.25, 0.3) is 5.91 Å². The zero-order valence-electron chi connectivity index (χ0n) is 26.7. The number of nitrogens with zero attached hydrogens (tertiary/aromatic N) is 1. The molecule has 0 aromatic carbocycles. The molecule has 0 bridgehead atoms. The van der Waals surface area contributed by atoms with E-state index in [0.717, 1.165) is 57.8 Å². The van der Waals surface area contributed by atoms with Crippen molar-refractivity contribution < 1.29 is 28.7 Å². The number of nitrogens with one attached hydrogen (secondary N) is 3. The zero-order chi connectivity index (χ0) is 31.5. The Bertz CT molecular complexity index is 994. The number of carbonyl (C=O) groups excluding carboxylic acids is 5. The monoisotopic (exact) mass is 602 g/mol. The predicted molar refractivity (Wildman–Crippen MR) is 165 cm³/mol. The van der Waals surface area contributed by atoms with Crippen LogP contribution in [0.1, 0.15) is 105 Å². The van der Waals surface area contributed by atoms with Crippen molar-refractivity contribution in [2.24, 2.45) is 23.7 Å². The fourth-order valence-electron chi connectivity index (χ4n) is 6.81. The number of hydrogen-bond acceptors (Lipinski definition) is 6. The number of carbonyl (C=O) groups is 5. The summed E-state index contributed by atoms with van der Waals surface area (Å²) in [7, 11) is 0. The molecule has 10 heteroatoms. The minimum Gasteiger partial charge on any atom is -0.446 e. The molecule has 6 atom stereocenters. The van der Waals surface area contributed by atoms with Gasteiger partial charge in [0.2, 0.25) is 17.6 Å². The molecule has 2 saturated carbocycles. The van der Waals surface area contributed by atoms with E-state index in [1.165, 1.54) is 6.08 Å². The number of ketones is 1. The first-order chi connectivity index (χ1) is 20.6. The van der Waals surface area contributed by atoms with Gasteiger partial charge in [-0.1, -0.05) is 65.9 Å². The van der Waals surface area contributed by atoms with E-state index in [-0.39, 0.29) is 42.2 Å². The van der Waals surface area contributed by atoms with Gasteiger partial charge in [-0.25, -0.2) is 4.79 Å². The Hall–Kier alpha value is -2.91. The third-order valence-electron chi connectivity index (χ3n) is 9.67. The Kier molecular flexibility index (Phi) is 13.5. The number of unbranched alkanes of at least 4 members (excludes halogenated alkanes) is 1. The maximum absolute atomic E-state index is 14.3. The van der Waals surface area contributed by atoms with Gasteiger partial charge < -0.3 is 25.6 Å². The van der Waals surface area contributed by atoms with Crippen molar-refractivity contribution in [2.45, 2.75) is 129 Å². The van der Waals surface area contributed by atoms with E-state index >= 15 is 0 Å². The molecule has 3 N–H and O–H groups in total. The fourth-order valence-corrected chi connectivity index (χ4v) is 6.81. The first-order valence-corrected chi connectivity index (χ1v) is 16.6. The van der Waals surface area contributed by atoms with Crippen molar-refractivity contribution in [2.75, 3.05) is 13.1 Å². The molecule has 3 aliphatic rings. The van der Waals surface area contributed by atoms with E-state index in [4.69, 9.17) is 4.74 Å². The van der Waals surface area contributed by atoms with E-state index < -0.39 is 41.8 Å². The summed E-state index contributed by atoms with van der Waals surface area (Å²) in [6.07, 6.45) is 10.6. The van der Waals surface area contributed by atoms with Crippen LogP contribution in [-0.2, 0) is 23.9 Å². The van der Waals surface area contributed by atoms with Crippen LogP contribution in [0.4, 0.5) is 4.79 Å². The largest absolute Gasteiger partial charge is 0.446 e. The molecule has 0 aromatic heterocycles. The second kappa shape index (κ2) is 16.8. The number of ether oxygens (including phenoxy) is 1. The summed E-state index contributed by atoms with van der Waals surface area (Å²) in [6.45, 7) is 12.3. The molecule has 242 valence electrons. The summed E-state index contributed by atoms with van der Waals surface area (Å²) >= 11 is 0. The van der Waals surface area contributed by atoms with Crippen molar-refractivity contribution >= 4 is 29.6 Å². The van der Waals surface area contributed by atoms with Crippen LogP contribution in [0.15, 0.2) is 12.7 Å². The Morgan fingerprint density at radius 1 is 0.977 bits per heavy atom. The van der Waals surface area contributed by atoms with Crippen molar-refractivity contribution in [3.05, 3.63) is 12.7 Å². The quantitative estimate of drug-likeness (QED) is 0.201. The van der Waals surface area contributed by atoms with Crippen LogP contribution in [0, 0.1) is 23.7 Å². The molecule has 2 aliphatic carbocycles. The zero-order valence-corrected chi connectivity index (χ0v) is 26.7. The summed E-state index contributed by atoms with van der Waals surface area (Å²) in [5.41, 5.74) is 0. The average Bonchev–Trinajstić information content (AvgIpc) is 3.63.